The van der Waals surface area contributed by atoms with E-state index in [1.165, 1.54) is 0 Å². The van der Waals surface area contributed by atoms with Crippen LogP contribution in [-0.2, 0) is 14.4 Å². The highest BCUT2D eigenvalue weighted by atomic mass is 16.4. The van der Waals surface area contributed by atoms with Crippen LogP contribution in [0.25, 0.3) is 0 Å². The molecule has 2 unspecified atom stereocenters. The molecule has 1 fully saturated rings. The van der Waals surface area contributed by atoms with Crippen molar-refractivity contribution < 1.29 is 19.5 Å². The lowest BCUT2D eigenvalue weighted by molar-refractivity contribution is -0.143. The Kier molecular flexibility index (Phi) is 7.19. The fraction of sp³-hybridized carbons (Fsp3) is 0.800. The van der Waals surface area contributed by atoms with Crippen molar-refractivity contribution in [3.05, 3.63) is 0 Å². The van der Waals surface area contributed by atoms with E-state index in [2.05, 4.69) is 10.6 Å². The van der Waals surface area contributed by atoms with Crippen LogP contribution in [0.3, 0.4) is 0 Å². The van der Waals surface area contributed by atoms with Crippen LogP contribution >= 0.6 is 0 Å². The van der Waals surface area contributed by atoms with Gasteiger partial charge in [0.1, 0.15) is 6.04 Å². The van der Waals surface area contributed by atoms with Crippen molar-refractivity contribution in [1.82, 2.24) is 10.6 Å². The van der Waals surface area contributed by atoms with E-state index in [1.807, 2.05) is 6.92 Å². The smallest absolute Gasteiger partial charge is 0.326 e. The maximum Gasteiger partial charge on any atom is 0.326 e. The molecule has 1 aliphatic rings. The molecule has 21 heavy (non-hydrogen) atoms. The summed E-state index contributed by atoms with van der Waals surface area (Å²) in [5.41, 5.74) is 0. The van der Waals surface area contributed by atoms with Crippen LogP contribution in [0, 0.1) is 11.8 Å². The van der Waals surface area contributed by atoms with E-state index in [9.17, 15) is 14.4 Å². The summed E-state index contributed by atoms with van der Waals surface area (Å²) in [4.78, 5) is 34.6. The van der Waals surface area contributed by atoms with Crippen molar-refractivity contribution in [3.63, 3.8) is 0 Å². The van der Waals surface area contributed by atoms with Crippen LogP contribution in [0.5, 0.6) is 0 Å². The van der Waals surface area contributed by atoms with Gasteiger partial charge in [0.2, 0.25) is 11.8 Å². The third-order valence-corrected chi connectivity index (χ3v) is 4.17. The molecule has 0 aliphatic heterocycles. The Morgan fingerprint density at radius 2 is 1.86 bits per heavy atom. The molecule has 0 radical (unpaired) electrons. The normalized spacial score (nSPS) is 18.0. The van der Waals surface area contributed by atoms with Gasteiger partial charge in [-0.1, -0.05) is 33.1 Å². The highest BCUT2D eigenvalue weighted by Crippen LogP contribution is 2.24. The summed E-state index contributed by atoms with van der Waals surface area (Å²) in [7, 11) is 0. The highest BCUT2D eigenvalue weighted by molar-refractivity contribution is 5.84. The van der Waals surface area contributed by atoms with E-state index < -0.39 is 12.0 Å². The summed E-state index contributed by atoms with van der Waals surface area (Å²) in [5.74, 6) is -1.39. The molecule has 1 rings (SSSR count). The SMILES string of the molecule is CCC(C)C(NC(=O)CCNC(=O)C1CCCC1)C(=O)O. The average molecular weight is 298 g/mol. The minimum atomic E-state index is -1.02. The number of carboxylic acids is 1. The predicted molar refractivity (Wildman–Crippen MR) is 78.6 cm³/mol. The van der Waals surface area contributed by atoms with E-state index >= 15 is 0 Å². The molecule has 0 saturated heterocycles. The van der Waals surface area contributed by atoms with E-state index in [0.717, 1.165) is 25.7 Å². The number of carboxylic acid groups (broad SMARTS) is 1. The van der Waals surface area contributed by atoms with E-state index in [0.29, 0.717) is 6.42 Å². The zero-order chi connectivity index (χ0) is 15.8. The van der Waals surface area contributed by atoms with Gasteiger partial charge in [-0.3, -0.25) is 9.59 Å². The van der Waals surface area contributed by atoms with Gasteiger partial charge in [0.25, 0.3) is 0 Å². The van der Waals surface area contributed by atoms with Gasteiger partial charge in [-0.25, -0.2) is 4.79 Å². The molecular weight excluding hydrogens is 272 g/mol. The Bertz CT molecular complexity index is 378. The van der Waals surface area contributed by atoms with Crippen LogP contribution in [0.1, 0.15) is 52.4 Å². The van der Waals surface area contributed by atoms with Crippen molar-refractivity contribution >= 4 is 17.8 Å². The zero-order valence-corrected chi connectivity index (χ0v) is 12.9. The minimum absolute atomic E-state index is 0.0111. The summed E-state index contributed by atoms with van der Waals surface area (Å²) >= 11 is 0. The highest BCUT2D eigenvalue weighted by Gasteiger charge is 2.25. The van der Waals surface area contributed by atoms with Gasteiger partial charge in [0.15, 0.2) is 0 Å². The minimum Gasteiger partial charge on any atom is -0.480 e. The monoisotopic (exact) mass is 298 g/mol. The lowest BCUT2D eigenvalue weighted by atomic mass is 9.99. The van der Waals surface area contributed by atoms with Crippen LogP contribution in [0.4, 0.5) is 0 Å². The molecule has 0 aromatic carbocycles. The number of amides is 2. The van der Waals surface area contributed by atoms with Gasteiger partial charge in [-0.2, -0.15) is 0 Å². The lowest BCUT2D eigenvalue weighted by Crippen LogP contribution is -2.45. The fourth-order valence-corrected chi connectivity index (χ4v) is 2.56. The van der Waals surface area contributed by atoms with Gasteiger partial charge in [0.05, 0.1) is 0 Å². The molecule has 0 aromatic rings. The number of hydrogen-bond donors (Lipinski definition) is 3. The summed E-state index contributed by atoms with van der Waals surface area (Å²) < 4.78 is 0. The van der Waals surface area contributed by atoms with E-state index in [4.69, 9.17) is 5.11 Å². The van der Waals surface area contributed by atoms with E-state index in [1.54, 1.807) is 6.92 Å². The first kappa shape index (κ1) is 17.5. The summed E-state index contributed by atoms with van der Waals surface area (Å²) in [5, 5.41) is 14.4. The van der Waals surface area contributed by atoms with Crippen molar-refractivity contribution in [2.45, 2.75) is 58.4 Å². The van der Waals surface area contributed by atoms with E-state index in [-0.39, 0.29) is 36.6 Å². The number of carbonyl (C=O) groups excluding carboxylic acids is 2. The Balaban J connectivity index is 2.29. The second-order valence-corrected chi connectivity index (χ2v) is 5.79. The van der Waals surface area contributed by atoms with Gasteiger partial charge in [-0.05, 0) is 18.8 Å². The van der Waals surface area contributed by atoms with Gasteiger partial charge in [-0.15, -0.1) is 0 Å². The van der Waals surface area contributed by atoms with Crippen molar-refractivity contribution in [3.8, 4) is 0 Å². The Morgan fingerprint density at radius 1 is 1.24 bits per heavy atom. The quantitative estimate of drug-likeness (QED) is 0.629. The first-order valence-corrected chi connectivity index (χ1v) is 7.75. The Labute approximate surface area is 125 Å². The van der Waals surface area contributed by atoms with Gasteiger partial charge < -0.3 is 15.7 Å². The number of nitrogens with one attached hydrogen (secondary N) is 2. The molecule has 0 heterocycles. The van der Waals surface area contributed by atoms with Crippen molar-refractivity contribution in [2.24, 2.45) is 11.8 Å². The molecule has 0 spiro atoms. The van der Waals surface area contributed by atoms with Gasteiger partial charge >= 0.3 is 5.97 Å². The second kappa shape index (κ2) is 8.64. The molecule has 2 amide bonds. The average Bonchev–Trinajstić information content (AvgIpc) is 2.97. The zero-order valence-electron chi connectivity index (χ0n) is 12.9. The first-order chi connectivity index (χ1) is 9.95. The standard InChI is InChI=1S/C15H26N2O4/c1-3-10(2)13(15(20)21)17-12(18)8-9-16-14(19)11-6-4-5-7-11/h10-11,13H,3-9H2,1-2H3,(H,16,19)(H,17,18)(H,20,21). The maximum atomic E-state index is 11.8. The molecule has 0 bridgehead atoms. The third kappa shape index (κ3) is 5.73. The molecule has 2 atom stereocenters. The molecule has 1 aliphatic carbocycles. The van der Waals surface area contributed by atoms with Crippen LogP contribution in [0.15, 0.2) is 0 Å². The molecule has 120 valence electrons. The summed E-state index contributed by atoms with van der Waals surface area (Å²) in [6.45, 7) is 3.93. The fourth-order valence-electron chi connectivity index (χ4n) is 2.56. The third-order valence-electron chi connectivity index (χ3n) is 4.17. The predicted octanol–water partition coefficient (Wildman–Crippen LogP) is 1.30. The molecule has 3 N–H and O–H groups in total. The number of hydrogen-bond acceptors (Lipinski definition) is 3. The van der Waals surface area contributed by atoms with Crippen LogP contribution < -0.4 is 10.6 Å². The molecule has 6 nitrogen and oxygen atoms in total. The maximum absolute atomic E-state index is 11.8. The molecule has 1 saturated carbocycles. The topological polar surface area (TPSA) is 95.5 Å². The van der Waals surface area contributed by atoms with Crippen LogP contribution in [0.2, 0.25) is 0 Å². The summed E-state index contributed by atoms with van der Waals surface area (Å²) in [6, 6.07) is -0.868. The molecular formula is C15H26N2O4. The Morgan fingerprint density at radius 3 is 2.38 bits per heavy atom. The second-order valence-electron chi connectivity index (χ2n) is 5.79. The van der Waals surface area contributed by atoms with Crippen molar-refractivity contribution in [1.29, 1.82) is 0 Å². The number of aliphatic carboxylic acids is 1. The van der Waals surface area contributed by atoms with Crippen molar-refractivity contribution in [2.75, 3.05) is 6.54 Å². The Hall–Kier alpha value is -1.59. The molecule has 6 heteroatoms. The largest absolute Gasteiger partial charge is 0.480 e. The van der Waals surface area contributed by atoms with Gasteiger partial charge in [0, 0.05) is 18.9 Å². The number of carbonyl (C=O) groups is 3. The summed E-state index contributed by atoms with van der Waals surface area (Å²) in [6.07, 6.45) is 4.82. The number of rotatable bonds is 8. The molecule has 0 aromatic heterocycles. The lowest BCUT2D eigenvalue weighted by Gasteiger charge is -2.20. The first-order valence-electron chi connectivity index (χ1n) is 7.75. The van der Waals surface area contributed by atoms with Crippen LogP contribution in [-0.4, -0.2) is 35.5 Å².